The largest absolute Gasteiger partial charge is 0.477 e. The maximum absolute atomic E-state index is 9.91. The number of ether oxygens (including phenoxy) is 1. The Balaban J connectivity index is 1.80. The van der Waals surface area contributed by atoms with E-state index in [0.29, 0.717) is 11.5 Å². The third kappa shape index (κ3) is 2.35. The van der Waals surface area contributed by atoms with E-state index < -0.39 is 23.7 Å². The van der Waals surface area contributed by atoms with Gasteiger partial charge in [0.25, 0.3) is 0 Å². The number of rotatable bonds is 2. The molecule has 0 spiro atoms. The first-order valence-electron chi connectivity index (χ1n) is 6.18. The van der Waals surface area contributed by atoms with Crippen LogP contribution < -0.4 is 4.74 Å². The van der Waals surface area contributed by atoms with Gasteiger partial charge in [-0.25, -0.2) is 4.68 Å². The Morgan fingerprint density at radius 1 is 1.30 bits per heavy atom. The Labute approximate surface area is 119 Å². The fourth-order valence-corrected chi connectivity index (χ4v) is 3.22. The molecule has 0 unspecified atom stereocenters. The standard InChI is InChI=1S/C12H15N3O4S/c1-15-8-4-6(2-3-7(8)13-14-15)19-12-11(18)10(17)9(16)5-20-12/h2-4,9-12,16-18H,5H2,1H3/t9-,10+,11-,12+/m1/s1. The Bertz CT molecular complexity index is 620. The van der Waals surface area contributed by atoms with Gasteiger partial charge in [-0.2, -0.15) is 0 Å². The minimum absolute atomic E-state index is 0.318. The number of aromatic nitrogens is 3. The van der Waals surface area contributed by atoms with E-state index in [1.54, 1.807) is 29.9 Å². The number of nitrogens with zero attached hydrogens (tertiary/aromatic N) is 3. The fraction of sp³-hybridized carbons (Fsp3) is 0.500. The van der Waals surface area contributed by atoms with Crippen molar-refractivity contribution in [1.29, 1.82) is 0 Å². The number of thioether (sulfide) groups is 1. The summed E-state index contributed by atoms with van der Waals surface area (Å²) in [6.07, 6.45) is -3.26. The zero-order chi connectivity index (χ0) is 14.3. The van der Waals surface area contributed by atoms with Crippen LogP contribution >= 0.6 is 11.8 Å². The molecule has 0 amide bonds. The number of benzene rings is 1. The molecule has 0 bridgehead atoms. The van der Waals surface area contributed by atoms with E-state index in [4.69, 9.17) is 4.74 Å². The van der Waals surface area contributed by atoms with Crippen LogP contribution in [0.4, 0.5) is 0 Å². The number of fused-ring (bicyclic) bond motifs is 1. The predicted octanol–water partition coefficient (Wildman–Crippen LogP) is -0.497. The first-order chi connectivity index (χ1) is 9.56. The highest BCUT2D eigenvalue weighted by molar-refractivity contribution is 7.99. The second-order valence-corrected chi connectivity index (χ2v) is 5.86. The number of aryl methyl sites for hydroxylation is 1. The molecule has 1 aliphatic heterocycles. The Kier molecular flexibility index (Phi) is 3.55. The van der Waals surface area contributed by atoms with E-state index in [1.165, 1.54) is 11.8 Å². The summed E-state index contributed by atoms with van der Waals surface area (Å²) in [6.45, 7) is 0. The molecule has 1 aromatic carbocycles. The van der Waals surface area contributed by atoms with Crippen molar-refractivity contribution < 1.29 is 20.1 Å². The molecular formula is C12H15N3O4S. The molecule has 3 rings (SSSR count). The van der Waals surface area contributed by atoms with E-state index in [9.17, 15) is 15.3 Å². The van der Waals surface area contributed by atoms with Gasteiger partial charge in [-0.1, -0.05) is 5.21 Å². The van der Waals surface area contributed by atoms with Gasteiger partial charge in [-0.15, -0.1) is 16.9 Å². The van der Waals surface area contributed by atoms with Gasteiger partial charge in [-0.05, 0) is 12.1 Å². The lowest BCUT2D eigenvalue weighted by Gasteiger charge is -2.34. The molecule has 1 saturated heterocycles. The van der Waals surface area contributed by atoms with Crippen LogP contribution in [0.25, 0.3) is 11.0 Å². The summed E-state index contributed by atoms with van der Waals surface area (Å²) in [6, 6.07) is 5.30. The van der Waals surface area contributed by atoms with Crippen LogP contribution in [0.2, 0.25) is 0 Å². The van der Waals surface area contributed by atoms with E-state index in [0.717, 1.165) is 11.0 Å². The summed E-state index contributed by atoms with van der Waals surface area (Å²) in [5.74, 6) is 0.876. The third-order valence-electron chi connectivity index (χ3n) is 3.29. The molecule has 3 N–H and O–H groups in total. The summed E-state index contributed by atoms with van der Waals surface area (Å²) in [4.78, 5) is 0. The normalized spacial score (nSPS) is 30.6. The molecule has 1 aliphatic rings. The van der Waals surface area contributed by atoms with Crippen LogP contribution in [0.1, 0.15) is 0 Å². The lowest BCUT2D eigenvalue weighted by Crippen LogP contribution is -2.50. The zero-order valence-corrected chi connectivity index (χ0v) is 11.6. The monoisotopic (exact) mass is 297 g/mol. The second-order valence-electron chi connectivity index (χ2n) is 4.73. The van der Waals surface area contributed by atoms with Crippen molar-refractivity contribution in [2.45, 2.75) is 23.7 Å². The van der Waals surface area contributed by atoms with Crippen molar-refractivity contribution in [1.82, 2.24) is 15.0 Å². The van der Waals surface area contributed by atoms with Gasteiger partial charge in [0.1, 0.15) is 23.5 Å². The van der Waals surface area contributed by atoms with E-state index >= 15 is 0 Å². The van der Waals surface area contributed by atoms with Crippen LogP contribution in [-0.2, 0) is 7.05 Å². The molecule has 0 aliphatic carbocycles. The van der Waals surface area contributed by atoms with Gasteiger partial charge in [0.15, 0.2) is 5.44 Å². The maximum Gasteiger partial charge on any atom is 0.173 e. The summed E-state index contributed by atoms with van der Waals surface area (Å²) in [7, 11) is 1.78. The Morgan fingerprint density at radius 2 is 2.10 bits per heavy atom. The minimum Gasteiger partial charge on any atom is -0.477 e. The van der Waals surface area contributed by atoms with Gasteiger partial charge in [0, 0.05) is 18.9 Å². The Hall–Kier alpha value is -1.35. The lowest BCUT2D eigenvalue weighted by atomic mass is 10.1. The topological polar surface area (TPSA) is 101 Å². The van der Waals surface area contributed by atoms with E-state index in [2.05, 4.69) is 10.3 Å². The van der Waals surface area contributed by atoms with Gasteiger partial charge in [0.2, 0.25) is 0 Å². The molecule has 1 fully saturated rings. The van der Waals surface area contributed by atoms with Gasteiger partial charge >= 0.3 is 0 Å². The van der Waals surface area contributed by atoms with Crippen LogP contribution in [-0.4, -0.2) is 59.8 Å². The minimum atomic E-state index is -1.19. The lowest BCUT2D eigenvalue weighted by molar-refractivity contribution is -0.0785. The molecule has 20 heavy (non-hydrogen) atoms. The van der Waals surface area contributed by atoms with Crippen molar-refractivity contribution in [2.75, 3.05) is 5.75 Å². The third-order valence-corrected chi connectivity index (χ3v) is 4.53. The van der Waals surface area contributed by atoms with Crippen LogP contribution in [0.5, 0.6) is 5.75 Å². The molecule has 0 radical (unpaired) electrons. The predicted molar refractivity (Wildman–Crippen MR) is 73.4 cm³/mol. The summed E-state index contributed by atoms with van der Waals surface area (Å²) in [5, 5.41) is 36.9. The molecule has 2 heterocycles. The van der Waals surface area contributed by atoms with Crippen LogP contribution in [0.15, 0.2) is 18.2 Å². The smallest absolute Gasteiger partial charge is 0.173 e. The van der Waals surface area contributed by atoms with E-state index in [-0.39, 0.29) is 0 Å². The van der Waals surface area contributed by atoms with Crippen molar-refractivity contribution in [2.24, 2.45) is 7.05 Å². The summed E-state index contributed by atoms with van der Waals surface area (Å²) >= 11 is 1.27. The average molecular weight is 297 g/mol. The molecule has 108 valence electrons. The molecular weight excluding hydrogens is 282 g/mol. The summed E-state index contributed by atoms with van der Waals surface area (Å²) < 4.78 is 7.32. The van der Waals surface area contributed by atoms with Gasteiger partial charge in [-0.3, -0.25) is 0 Å². The molecule has 4 atom stereocenters. The fourth-order valence-electron chi connectivity index (χ4n) is 2.10. The number of hydrogen-bond donors (Lipinski definition) is 3. The average Bonchev–Trinajstić information content (AvgIpc) is 2.81. The van der Waals surface area contributed by atoms with Gasteiger partial charge < -0.3 is 20.1 Å². The number of hydrogen-bond acceptors (Lipinski definition) is 7. The molecule has 8 heteroatoms. The quantitative estimate of drug-likeness (QED) is 0.687. The molecule has 0 saturated carbocycles. The first kappa shape index (κ1) is 13.6. The highest BCUT2D eigenvalue weighted by Gasteiger charge is 2.38. The highest BCUT2D eigenvalue weighted by Crippen LogP contribution is 2.30. The van der Waals surface area contributed by atoms with Crippen molar-refractivity contribution >= 4 is 22.8 Å². The van der Waals surface area contributed by atoms with Crippen LogP contribution in [0, 0.1) is 0 Å². The summed E-state index contributed by atoms with van der Waals surface area (Å²) in [5.41, 5.74) is 0.956. The van der Waals surface area contributed by atoms with Gasteiger partial charge in [0.05, 0.1) is 11.6 Å². The maximum atomic E-state index is 9.91. The van der Waals surface area contributed by atoms with Crippen molar-refractivity contribution in [3.05, 3.63) is 18.2 Å². The Morgan fingerprint density at radius 3 is 2.90 bits per heavy atom. The first-order valence-corrected chi connectivity index (χ1v) is 7.23. The van der Waals surface area contributed by atoms with E-state index in [1.807, 2.05) is 0 Å². The highest BCUT2D eigenvalue weighted by atomic mass is 32.2. The van der Waals surface area contributed by atoms with Crippen LogP contribution in [0.3, 0.4) is 0 Å². The second kappa shape index (κ2) is 5.21. The van der Waals surface area contributed by atoms with Crippen molar-refractivity contribution in [3.63, 3.8) is 0 Å². The number of aliphatic hydroxyl groups is 3. The van der Waals surface area contributed by atoms with Crippen molar-refractivity contribution in [3.8, 4) is 5.75 Å². The molecule has 1 aromatic heterocycles. The SMILES string of the molecule is Cn1nnc2ccc(O[C@H]3SC[C@@H](O)[C@H](O)[C@H]3O)cc21. The molecule has 2 aromatic rings. The molecule has 7 nitrogen and oxygen atoms in total. The zero-order valence-electron chi connectivity index (χ0n) is 10.7. The number of aliphatic hydroxyl groups excluding tert-OH is 3.